The van der Waals surface area contributed by atoms with Crippen LogP contribution in [0.5, 0.6) is 0 Å². The van der Waals surface area contributed by atoms with Gasteiger partial charge in [-0.15, -0.1) is 0 Å². The van der Waals surface area contributed by atoms with E-state index in [1.165, 1.54) is 0 Å². The van der Waals surface area contributed by atoms with Crippen molar-refractivity contribution in [3.8, 4) is 0 Å². The predicted molar refractivity (Wildman–Crippen MR) is 79.5 cm³/mol. The molecule has 2 aromatic rings. The zero-order chi connectivity index (χ0) is 16.4. The summed E-state index contributed by atoms with van der Waals surface area (Å²) in [6.07, 6.45) is 2.29. The normalized spacial score (nSPS) is 20.4. The Labute approximate surface area is 131 Å². The van der Waals surface area contributed by atoms with E-state index in [9.17, 15) is 13.2 Å². The van der Waals surface area contributed by atoms with Crippen molar-refractivity contribution in [3.05, 3.63) is 59.3 Å². The molecule has 23 heavy (non-hydrogen) atoms. The average Bonchev–Trinajstić information content (AvgIpc) is 3.10. The summed E-state index contributed by atoms with van der Waals surface area (Å²) < 4.78 is 44.8. The van der Waals surface area contributed by atoms with E-state index >= 15 is 0 Å². The summed E-state index contributed by atoms with van der Waals surface area (Å²) in [4.78, 5) is 4.09. The van der Waals surface area contributed by atoms with Crippen LogP contribution in [-0.2, 0) is 6.54 Å². The van der Waals surface area contributed by atoms with Crippen LogP contribution >= 0.6 is 0 Å². The first-order chi connectivity index (χ1) is 11.1. The van der Waals surface area contributed by atoms with Gasteiger partial charge in [0, 0.05) is 19.0 Å². The van der Waals surface area contributed by atoms with E-state index in [2.05, 4.69) is 15.6 Å². The number of guanidine groups is 1. The molecular formula is C16H16F3N3O. The summed E-state index contributed by atoms with van der Waals surface area (Å²) in [5, 5.41) is 6.25. The molecule has 2 N–H and O–H groups in total. The van der Waals surface area contributed by atoms with Gasteiger partial charge in [0.15, 0.2) is 23.4 Å². The van der Waals surface area contributed by atoms with Crippen LogP contribution in [0.1, 0.15) is 23.7 Å². The Balaban J connectivity index is 1.57. The minimum atomic E-state index is -1.44. The molecule has 0 radical (unpaired) electrons. The Morgan fingerprint density at radius 3 is 2.65 bits per heavy atom. The Hall–Kier alpha value is -2.44. The van der Waals surface area contributed by atoms with Crippen molar-refractivity contribution >= 4 is 5.96 Å². The number of aliphatic imine (C=N–C) groups is 1. The predicted octanol–water partition coefficient (Wildman–Crippen LogP) is 2.92. The van der Waals surface area contributed by atoms with Crippen LogP contribution in [0.4, 0.5) is 13.2 Å². The summed E-state index contributed by atoms with van der Waals surface area (Å²) in [6.45, 7) is 0.476. The number of rotatable bonds is 4. The number of halogens is 3. The second kappa shape index (κ2) is 6.36. The molecule has 0 unspecified atom stereocenters. The van der Waals surface area contributed by atoms with Crippen molar-refractivity contribution in [2.24, 2.45) is 4.99 Å². The van der Waals surface area contributed by atoms with Gasteiger partial charge in [0.25, 0.3) is 0 Å². The SMILES string of the molecule is CN=C(NCc1ccco1)N[C@@H]1C[C@H]1c1cc(F)c(F)c(F)c1. The van der Waals surface area contributed by atoms with Crippen LogP contribution in [0.15, 0.2) is 39.9 Å². The molecule has 1 aliphatic carbocycles. The summed E-state index contributed by atoms with van der Waals surface area (Å²) in [7, 11) is 1.63. The van der Waals surface area contributed by atoms with E-state index in [0.717, 1.165) is 17.9 Å². The third kappa shape index (κ3) is 3.49. The van der Waals surface area contributed by atoms with E-state index in [1.807, 2.05) is 6.07 Å². The van der Waals surface area contributed by atoms with Crippen molar-refractivity contribution in [1.29, 1.82) is 0 Å². The molecule has 0 amide bonds. The zero-order valence-corrected chi connectivity index (χ0v) is 12.4. The van der Waals surface area contributed by atoms with Crippen LogP contribution in [0.25, 0.3) is 0 Å². The lowest BCUT2D eigenvalue weighted by atomic mass is 10.1. The van der Waals surface area contributed by atoms with Crippen molar-refractivity contribution in [2.45, 2.75) is 24.9 Å². The topological polar surface area (TPSA) is 49.6 Å². The van der Waals surface area contributed by atoms with Crippen LogP contribution in [-0.4, -0.2) is 19.0 Å². The molecule has 1 heterocycles. The molecule has 0 bridgehead atoms. The molecule has 0 saturated heterocycles. The Morgan fingerprint density at radius 2 is 2.04 bits per heavy atom. The van der Waals surface area contributed by atoms with Crippen LogP contribution in [0.2, 0.25) is 0 Å². The number of furan rings is 1. The number of hydrogen-bond donors (Lipinski definition) is 2. The maximum absolute atomic E-state index is 13.3. The summed E-state index contributed by atoms with van der Waals surface area (Å²) in [6, 6.07) is 5.72. The lowest BCUT2D eigenvalue weighted by Gasteiger charge is -2.11. The summed E-state index contributed by atoms with van der Waals surface area (Å²) >= 11 is 0. The molecule has 4 nitrogen and oxygen atoms in total. The standard InChI is InChI=1S/C16H16F3N3O/c1-20-16(21-8-10-3-2-4-23-10)22-14-7-11(14)9-5-12(17)15(19)13(18)6-9/h2-6,11,14H,7-8H2,1H3,(H2,20,21,22)/t11-,14+/m0/s1. The molecule has 0 aliphatic heterocycles. The summed E-state index contributed by atoms with van der Waals surface area (Å²) in [5.74, 6) is -2.49. The van der Waals surface area contributed by atoms with E-state index in [0.29, 0.717) is 24.5 Å². The first-order valence-electron chi connectivity index (χ1n) is 7.22. The molecule has 3 rings (SSSR count). The molecule has 2 atom stereocenters. The number of nitrogens with one attached hydrogen (secondary N) is 2. The molecule has 1 fully saturated rings. The first-order valence-corrected chi connectivity index (χ1v) is 7.22. The maximum atomic E-state index is 13.3. The van der Waals surface area contributed by atoms with Gasteiger partial charge in [0.05, 0.1) is 12.8 Å². The molecule has 1 saturated carbocycles. The van der Waals surface area contributed by atoms with Gasteiger partial charge in [0.1, 0.15) is 5.76 Å². The highest BCUT2D eigenvalue weighted by Gasteiger charge is 2.40. The van der Waals surface area contributed by atoms with E-state index in [-0.39, 0.29) is 12.0 Å². The second-order valence-corrected chi connectivity index (χ2v) is 5.40. The van der Waals surface area contributed by atoms with Gasteiger partial charge < -0.3 is 15.1 Å². The third-order valence-corrected chi connectivity index (χ3v) is 3.78. The van der Waals surface area contributed by atoms with Crippen molar-refractivity contribution in [1.82, 2.24) is 10.6 Å². The van der Waals surface area contributed by atoms with Gasteiger partial charge >= 0.3 is 0 Å². The minimum absolute atomic E-state index is 0.00191. The fourth-order valence-corrected chi connectivity index (χ4v) is 2.47. The van der Waals surface area contributed by atoms with Crippen molar-refractivity contribution in [2.75, 3.05) is 7.05 Å². The van der Waals surface area contributed by atoms with Gasteiger partial charge in [-0.1, -0.05) is 0 Å². The number of benzene rings is 1. The van der Waals surface area contributed by atoms with E-state index < -0.39 is 17.5 Å². The minimum Gasteiger partial charge on any atom is -0.467 e. The van der Waals surface area contributed by atoms with Gasteiger partial charge in [-0.25, -0.2) is 13.2 Å². The van der Waals surface area contributed by atoms with Crippen molar-refractivity contribution < 1.29 is 17.6 Å². The number of nitrogens with zero attached hydrogens (tertiary/aromatic N) is 1. The van der Waals surface area contributed by atoms with Crippen LogP contribution < -0.4 is 10.6 Å². The van der Waals surface area contributed by atoms with E-state index in [4.69, 9.17) is 4.42 Å². The maximum Gasteiger partial charge on any atom is 0.194 e. The number of hydrogen-bond acceptors (Lipinski definition) is 2. The van der Waals surface area contributed by atoms with Crippen LogP contribution in [0.3, 0.4) is 0 Å². The van der Waals surface area contributed by atoms with Crippen LogP contribution in [0, 0.1) is 17.5 Å². The molecule has 0 spiro atoms. The smallest absolute Gasteiger partial charge is 0.194 e. The van der Waals surface area contributed by atoms with Crippen molar-refractivity contribution in [3.63, 3.8) is 0 Å². The first kappa shape index (κ1) is 15.5. The van der Waals surface area contributed by atoms with Gasteiger partial charge in [-0.2, -0.15) is 0 Å². The highest BCUT2D eigenvalue weighted by atomic mass is 19.2. The monoisotopic (exact) mass is 323 g/mol. The molecule has 1 aliphatic rings. The Bertz CT molecular complexity index is 692. The van der Waals surface area contributed by atoms with Gasteiger partial charge in [0.2, 0.25) is 0 Å². The second-order valence-electron chi connectivity index (χ2n) is 5.40. The lowest BCUT2D eigenvalue weighted by Crippen LogP contribution is -2.38. The molecule has 1 aromatic heterocycles. The molecule has 7 heteroatoms. The average molecular weight is 323 g/mol. The third-order valence-electron chi connectivity index (χ3n) is 3.78. The fraction of sp³-hybridized carbons (Fsp3) is 0.312. The van der Waals surface area contributed by atoms with Gasteiger partial charge in [-0.3, -0.25) is 4.99 Å². The van der Waals surface area contributed by atoms with E-state index in [1.54, 1.807) is 19.4 Å². The fourth-order valence-electron chi connectivity index (χ4n) is 2.47. The highest BCUT2D eigenvalue weighted by Crippen LogP contribution is 2.41. The highest BCUT2D eigenvalue weighted by molar-refractivity contribution is 5.80. The zero-order valence-electron chi connectivity index (χ0n) is 12.4. The Morgan fingerprint density at radius 1 is 1.30 bits per heavy atom. The lowest BCUT2D eigenvalue weighted by molar-refractivity contribution is 0.445. The van der Waals surface area contributed by atoms with Gasteiger partial charge in [-0.05, 0) is 36.2 Å². The largest absolute Gasteiger partial charge is 0.467 e. The Kier molecular flexibility index (Phi) is 4.27. The molecule has 122 valence electrons. The molecular weight excluding hydrogens is 307 g/mol. The summed E-state index contributed by atoms with van der Waals surface area (Å²) in [5.41, 5.74) is 0.445. The quantitative estimate of drug-likeness (QED) is 0.517. The molecule has 1 aromatic carbocycles.